The molecular weight excluding hydrogens is 196 g/mol. The zero-order valence-electron chi connectivity index (χ0n) is 9.03. The van der Waals surface area contributed by atoms with Gasteiger partial charge in [-0.3, -0.25) is 0 Å². The molecule has 0 radical (unpaired) electrons. The Bertz CT molecular complexity index is 284. The van der Waals surface area contributed by atoms with Gasteiger partial charge in [0.05, 0.1) is 5.75 Å². The SMILES string of the molecule is Cc1nnc(CSC(C)CCN)n1C. The van der Waals surface area contributed by atoms with Crippen molar-refractivity contribution in [1.29, 1.82) is 0 Å². The van der Waals surface area contributed by atoms with Gasteiger partial charge in [-0.25, -0.2) is 0 Å². The fourth-order valence-electron chi connectivity index (χ4n) is 1.11. The monoisotopic (exact) mass is 214 g/mol. The van der Waals surface area contributed by atoms with Gasteiger partial charge < -0.3 is 10.3 Å². The van der Waals surface area contributed by atoms with Crippen molar-refractivity contribution in [2.45, 2.75) is 31.3 Å². The first kappa shape index (κ1) is 11.5. The Morgan fingerprint density at radius 2 is 2.21 bits per heavy atom. The molecule has 1 rings (SSSR count). The van der Waals surface area contributed by atoms with Gasteiger partial charge >= 0.3 is 0 Å². The smallest absolute Gasteiger partial charge is 0.142 e. The Morgan fingerprint density at radius 3 is 2.71 bits per heavy atom. The predicted molar refractivity (Wildman–Crippen MR) is 60.2 cm³/mol. The quantitative estimate of drug-likeness (QED) is 0.797. The summed E-state index contributed by atoms with van der Waals surface area (Å²) in [5.74, 6) is 2.92. The van der Waals surface area contributed by atoms with Crippen LogP contribution in [0.3, 0.4) is 0 Å². The Labute approximate surface area is 89.3 Å². The number of aryl methyl sites for hydroxylation is 1. The molecule has 0 saturated heterocycles. The second-order valence-corrected chi connectivity index (χ2v) is 4.85. The molecule has 0 saturated carbocycles. The highest BCUT2D eigenvalue weighted by atomic mass is 32.2. The van der Waals surface area contributed by atoms with Crippen molar-refractivity contribution >= 4 is 11.8 Å². The van der Waals surface area contributed by atoms with E-state index in [1.807, 2.05) is 30.3 Å². The van der Waals surface area contributed by atoms with Crippen molar-refractivity contribution in [2.24, 2.45) is 12.8 Å². The topological polar surface area (TPSA) is 56.7 Å². The fourth-order valence-corrected chi connectivity index (χ4v) is 2.10. The molecule has 1 aromatic heterocycles. The summed E-state index contributed by atoms with van der Waals surface area (Å²) in [6, 6.07) is 0. The van der Waals surface area contributed by atoms with Gasteiger partial charge in [-0.1, -0.05) is 6.92 Å². The highest BCUT2D eigenvalue weighted by Crippen LogP contribution is 2.18. The molecule has 0 bridgehead atoms. The van der Waals surface area contributed by atoms with E-state index < -0.39 is 0 Å². The normalized spacial score (nSPS) is 13.1. The molecule has 0 aliphatic rings. The van der Waals surface area contributed by atoms with Crippen LogP contribution in [-0.2, 0) is 12.8 Å². The van der Waals surface area contributed by atoms with Gasteiger partial charge in [-0.15, -0.1) is 10.2 Å². The van der Waals surface area contributed by atoms with Crippen LogP contribution in [0, 0.1) is 6.92 Å². The minimum Gasteiger partial charge on any atom is -0.330 e. The largest absolute Gasteiger partial charge is 0.330 e. The molecule has 1 atom stereocenters. The minimum atomic E-state index is 0.594. The maximum atomic E-state index is 5.49. The molecule has 0 aromatic carbocycles. The van der Waals surface area contributed by atoms with Gasteiger partial charge in [-0.05, 0) is 19.9 Å². The van der Waals surface area contributed by atoms with E-state index in [0.29, 0.717) is 5.25 Å². The summed E-state index contributed by atoms with van der Waals surface area (Å²) in [5.41, 5.74) is 5.49. The summed E-state index contributed by atoms with van der Waals surface area (Å²) in [5, 5.41) is 8.72. The highest BCUT2D eigenvalue weighted by Gasteiger charge is 2.07. The van der Waals surface area contributed by atoms with E-state index in [9.17, 15) is 0 Å². The number of aromatic nitrogens is 3. The van der Waals surface area contributed by atoms with Crippen LogP contribution < -0.4 is 5.73 Å². The molecule has 0 amide bonds. The first-order chi connectivity index (χ1) is 6.65. The van der Waals surface area contributed by atoms with Crippen LogP contribution in [0.5, 0.6) is 0 Å². The van der Waals surface area contributed by atoms with Crippen LogP contribution in [0.1, 0.15) is 25.0 Å². The molecule has 1 aromatic rings. The second kappa shape index (κ2) is 5.36. The molecule has 0 spiro atoms. The van der Waals surface area contributed by atoms with E-state index >= 15 is 0 Å². The van der Waals surface area contributed by atoms with Crippen LogP contribution >= 0.6 is 11.8 Å². The zero-order valence-corrected chi connectivity index (χ0v) is 9.84. The van der Waals surface area contributed by atoms with Gasteiger partial charge in [0.25, 0.3) is 0 Å². The minimum absolute atomic E-state index is 0.594. The molecule has 4 nitrogen and oxygen atoms in total. The lowest BCUT2D eigenvalue weighted by atomic mass is 10.3. The molecule has 1 unspecified atom stereocenters. The first-order valence-corrected chi connectivity index (χ1v) is 5.86. The second-order valence-electron chi connectivity index (χ2n) is 3.42. The molecule has 0 fully saturated rings. The van der Waals surface area contributed by atoms with E-state index in [4.69, 9.17) is 5.73 Å². The number of nitrogens with zero attached hydrogens (tertiary/aromatic N) is 3. The molecular formula is C9H18N4S. The highest BCUT2D eigenvalue weighted by molar-refractivity contribution is 7.99. The van der Waals surface area contributed by atoms with Gasteiger partial charge in [0.2, 0.25) is 0 Å². The summed E-state index contributed by atoms with van der Waals surface area (Å²) >= 11 is 1.88. The van der Waals surface area contributed by atoms with E-state index in [1.165, 1.54) is 0 Å². The molecule has 5 heteroatoms. The lowest BCUT2D eigenvalue weighted by Gasteiger charge is -2.08. The summed E-state index contributed by atoms with van der Waals surface area (Å²) < 4.78 is 2.03. The van der Waals surface area contributed by atoms with E-state index in [-0.39, 0.29) is 0 Å². The number of hydrogen-bond acceptors (Lipinski definition) is 4. The molecule has 2 N–H and O–H groups in total. The standard InChI is InChI=1S/C9H18N4S/c1-7(4-5-10)14-6-9-12-11-8(2)13(9)3/h7H,4-6,10H2,1-3H3. The molecule has 80 valence electrons. The van der Waals surface area contributed by atoms with Crippen molar-refractivity contribution in [3.63, 3.8) is 0 Å². The summed E-state index contributed by atoms with van der Waals surface area (Å²) in [4.78, 5) is 0. The van der Waals surface area contributed by atoms with Gasteiger partial charge in [0, 0.05) is 12.3 Å². The number of thioether (sulfide) groups is 1. The Kier molecular flexibility index (Phi) is 4.41. The number of nitrogens with two attached hydrogens (primary N) is 1. The van der Waals surface area contributed by atoms with Crippen molar-refractivity contribution in [3.05, 3.63) is 11.6 Å². The maximum Gasteiger partial charge on any atom is 0.142 e. The van der Waals surface area contributed by atoms with Crippen molar-refractivity contribution in [3.8, 4) is 0 Å². The molecule has 0 aliphatic carbocycles. The van der Waals surface area contributed by atoms with Crippen LogP contribution in [0.4, 0.5) is 0 Å². The van der Waals surface area contributed by atoms with E-state index in [0.717, 1.165) is 30.4 Å². The van der Waals surface area contributed by atoms with Gasteiger partial charge in [-0.2, -0.15) is 11.8 Å². The molecule has 14 heavy (non-hydrogen) atoms. The van der Waals surface area contributed by atoms with Crippen LogP contribution in [-0.4, -0.2) is 26.6 Å². The van der Waals surface area contributed by atoms with Gasteiger partial charge in [0.15, 0.2) is 0 Å². The van der Waals surface area contributed by atoms with Gasteiger partial charge in [0.1, 0.15) is 11.6 Å². The third-order valence-corrected chi connectivity index (χ3v) is 3.48. The average Bonchev–Trinajstić information content (AvgIpc) is 2.46. The average molecular weight is 214 g/mol. The fraction of sp³-hybridized carbons (Fsp3) is 0.778. The number of rotatable bonds is 5. The Balaban J connectivity index is 2.41. The van der Waals surface area contributed by atoms with Crippen LogP contribution in [0.2, 0.25) is 0 Å². The zero-order chi connectivity index (χ0) is 10.6. The van der Waals surface area contributed by atoms with Crippen molar-refractivity contribution in [1.82, 2.24) is 14.8 Å². The third kappa shape index (κ3) is 2.99. The molecule has 0 aliphatic heterocycles. The maximum absolute atomic E-state index is 5.49. The lowest BCUT2D eigenvalue weighted by Crippen LogP contribution is -2.08. The van der Waals surface area contributed by atoms with E-state index in [2.05, 4.69) is 17.1 Å². The summed E-state index contributed by atoms with van der Waals surface area (Å²) in [6.07, 6.45) is 1.06. The summed E-state index contributed by atoms with van der Waals surface area (Å²) in [6.45, 7) is 4.91. The summed E-state index contributed by atoms with van der Waals surface area (Å²) in [7, 11) is 2.00. The van der Waals surface area contributed by atoms with Crippen LogP contribution in [0.15, 0.2) is 0 Å². The number of hydrogen-bond donors (Lipinski definition) is 1. The first-order valence-electron chi connectivity index (χ1n) is 4.81. The lowest BCUT2D eigenvalue weighted by molar-refractivity contribution is 0.804. The van der Waals surface area contributed by atoms with Crippen LogP contribution in [0.25, 0.3) is 0 Å². The molecule has 1 heterocycles. The van der Waals surface area contributed by atoms with Crippen molar-refractivity contribution in [2.75, 3.05) is 6.54 Å². The Hall–Kier alpha value is -0.550. The third-order valence-electron chi connectivity index (χ3n) is 2.25. The van der Waals surface area contributed by atoms with Crippen molar-refractivity contribution < 1.29 is 0 Å². The van der Waals surface area contributed by atoms with E-state index in [1.54, 1.807) is 0 Å². The Morgan fingerprint density at radius 1 is 1.50 bits per heavy atom. The predicted octanol–water partition coefficient (Wildman–Crippen LogP) is 1.09.